The van der Waals surface area contributed by atoms with E-state index in [9.17, 15) is 46.1 Å². The largest absolute Gasteiger partial charge is 0.416 e. The van der Waals surface area contributed by atoms with E-state index in [2.05, 4.69) is 60.0 Å². The van der Waals surface area contributed by atoms with Gasteiger partial charge in [0.15, 0.2) is 0 Å². The number of rotatable bonds is 3. The summed E-state index contributed by atoms with van der Waals surface area (Å²) in [5, 5.41) is 33.5. The van der Waals surface area contributed by atoms with Crippen LogP contribution in [0.4, 0.5) is 35.9 Å². The van der Waals surface area contributed by atoms with Crippen molar-refractivity contribution >= 4 is 36.9 Å². The standard InChI is InChI=1S/2C20H19F3N2O2.C16H17N.C3H7NO.CH4.2ClH/c2*21-20(22,23)17-5-3-13(4-6-17)15-2-1-14-7-8-24(10-16(14)9-15)19(27)25-11-18(26)12-25;1-12-2-4-13(5-3-12)15-7-6-14-8-9-17-11-16(14)10-15;5-3-1-4-2-3;;;/h2*1-6,9,18,26H,7-8,10-12H2;2-7,10,17H,8-9,11H2,1H3;3-5H,1-2H2;1H4;2*1H. The van der Waals surface area contributed by atoms with E-state index in [1.807, 2.05) is 36.4 Å². The molecule has 79 heavy (non-hydrogen) atoms. The minimum absolute atomic E-state index is 0. The number of halogens is 8. The quantitative estimate of drug-likeness (QED) is 0.112. The molecule has 6 aliphatic rings. The molecule has 0 bridgehead atoms. The number of hydrogen-bond acceptors (Lipinski definition) is 7. The van der Waals surface area contributed by atoms with Crippen molar-refractivity contribution in [1.82, 2.24) is 30.2 Å². The molecule has 3 fully saturated rings. The SMILES string of the molecule is C.Cc1ccc(-c2ccc3c(c2)CNCC3)cc1.Cl.Cl.O=C(N1CCc2ccc(-c3ccc(C(F)(F)F)cc3)cc2C1)N1CC(O)C1.O=C(N1CCc2ccc(-c3ccc(C(F)(F)F)cc3)cc2C1)N1CC(O)C1.OC1CNC1. The van der Waals surface area contributed by atoms with Gasteiger partial charge >= 0.3 is 24.4 Å². The third-order valence-corrected chi connectivity index (χ3v) is 14.6. The van der Waals surface area contributed by atoms with Crippen LogP contribution < -0.4 is 10.6 Å². The number of aryl methyl sites for hydroxylation is 1. The van der Waals surface area contributed by atoms with Gasteiger partial charge in [0.2, 0.25) is 0 Å². The highest BCUT2D eigenvalue weighted by Crippen LogP contribution is 2.35. The Labute approximate surface area is 470 Å². The molecule has 0 spiro atoms. The summed E-state index contributed by atoms with van der Waals surface area (Å²) in [6, 6.07) is 37.3. The first-order chi connectivity index (χ1) is 36.3. The number of carbonyl (C=O) groups is 2. The smallest absolute Gasteiger partial charge is 0.390 e. The zero-order valence-corrected chi connectivity index (χ0v) is 44.6. The van der Waals surface area contributed by atoms with Gasteiger partial charge in [-0.25, -0.2) is 9.59 Å². The van der Waals surface area contributed by atoms with Gasteiger partial charge < -0.3 is 45.6 Å². The number of aliphatic hydroxyl groups excluding tert-OH is 3. The molecule has 6 aromatic rings. The lowest BCUT2D eigenvalue weighted by atomic mass is 9.94. The second-order valence-electron chi connectivity index (χ2n) is 20.2. The first-order valence-electron chi connectivity index (χ1n) is 25.7. The number of urea groups is 2. The fraction of sp³-hybridized carbons (Fsp3) is 0.367. The molecule has 0 radical (unpaired) electrons. The van der Waals surface area contributed by atoms with Crippen molar-refractivity contribution in [3.63, 3.8) is 0 Å². The molecular weight excluding hydrogens is 1070 g/mol. The summed E-state index contributed by atoms with van der Waals surface area (Å²) in [6.07, 6.45) is -6.97. The number of fused-ring (bicyclic) bond motifs is 3. The number of alkyl halides is 6. The second-order valence-corrected chi connectivity index (χ2v) is 20.2. The molecular formula is C60H68Cl2F6N6O5. The molecule has 12 rings (SSSR count). The van der Waals surface area contributed by atoms with E-state index in [-0.39, 0.29) is 50.4 Å². The molecule has 6 aliphatic heterocycles. The zero-order valence-electron chi connectivity index (χ0n) is 43.0. The van der Waals surface area contributed by atoms with Crippen LogP contribution in [0.1, 0.15) is 57.5 Å². The molecule has 424 valence electrons. The number of carbonyl (C=O) groups excluding carboxylic acids is 2. The molecule has 0 unspecified atom stereocenters. The van der Waals surface area contributed by atoms with Crippen LogP contribution in [0.25, 0.3) is 33.4 Å². The predicted molar refractivity (Wildman–Crippen MR) is 300 cm³/mol. The van der Waals surface area contributed by atoms with Gasteiger partial charge in [-0.15, -0.1) is 24.8 Å². The van der Waals surface area contributed by atoms with Crippen LogP contribution in [0.15, 0.2) is 127 Å². The van der Waals surface area contributed by atoms with Crippen molar-refractivity contribution in [3.8, 4) is 33.4 Å². The van der Waals surface area contributed by atoms with E-state index in [1.54, 1.807) is 19.6 Å². The van der Waals surface area contributed by atoms with Gasteiger partial charge in [-0.05, 0) is 142 Å². The lowest BCUT2D eigenvalue weighted by molar-refractivity contribution is -0.138. The summed E-state index contributed by atoms with van der Waals surface area (Å²) in [5.41, 5.74) is 13.0. The maximum atomic E-state index is 12.7. The topological polar surface area (TPSA) is 132 Å². The van der Waals surface area contributed by atoms with Crippen molar-refractivity contribution in [2.45, 2.75) is 83.9 Å². The first-order valence-corrected chi connectivity index (χ1v) is 25.7. The average Bonchev–Trinajstić information content (AvgIpc) is 3.40. The molecule has 6 heterocycles. The Kier molecular flexibility index (Phi) is 21.1. The third-order valence-electron chi connectivity index (χ3n) is 14.6. The van der Waals surface area contributed by atoms with Crippen molar-refractivity contribution in [3.05, 3.63) is 177 Å². The molecule has 0 atom stereocenters. The van der Waals surface area contributed by atoms with E-state index in [0.717, 1.165) is 103 Å². The molecule has 3 saturated heterocycles. The molecule has 19 heteroatoms. The Balaban J connectivity index is 0.000000183. The van der Waals surface area contributed by atoms with Gasteiger partial charge in [0, 0.05) is 45.8 Å². The van der Waals surface area contributed by atoms with Crippen LogP contribution in [-0.2, 0) is 51.2 Å². The fourth-order valence-corrected chi connectivity index (χ4v) is 9.81. The van der Waals surface area contributed by atoms with Crippen molar-refractivity contribution in [1.29, 1.82) is 0 Å². The Morgan fingerprint density at radius 3 is 1.14 bits per heavy atom. The minimum Gasteiger partial charge on any atom is -0.390 e. The summed E-state index contributed by atoms with van der Waals surface area (Å²) < 4.78 is 76.4. The molecule has 4 amide bonds. The normalized spacial score (nSPS) is 16.7. The van der Waals surface area contributed by atoms with Gasteiger partial charge in [0.25, 0.3) is 0 Å². The van der Waals surface area contributed by atoms with E-state index < -0.39 is 35.7 Å². The number of amides is 4. The van der Waals surface area contributed by atoms with Gasteiger partial charge in [0.1, 0.15) is 0 Å². The van der Waals surface area contributed by atoms with Crippen molar-refractivity contribution in [2.24, 2.45) is 0 Å². The zero-order chi connectivity index (χ0) is 53.7. The lowest BCUT2D eigenvalue weighted by Gasteiger charge is -2.40. The highest BCUT2D eigenvalue weighted by Gasteiger charge is 2.35. The maximum Gasteiger partial charge on any atom is 0.416 e. The second kappa shape index (κ2) is 26.9. The number of β-amino-alcohol motifs (C(OH)–C–C–N with tert-alkyl or cyclic N) is 3. The fourth-order valence-electron chi connectivity index (χ4n) is 9.81. The minimum atomic E-state index is -4.35. The Bertz CT molecular complexity index is 2840. The Hall–Kier alpha value is -6.18. The van der Waals surface area contributed by atoms with E-state index in [1.165, 1.54) is 52.1 Å². The Morgan fingerprint density at radius 1 is 0.456 bits per heavy atom. The Morgan fingerprint density at radius 2 is 0.797 bits per heavy atom. The summed E-state index contributed by atoms with van der Waals surface area (Å²) in [7, 11) is 0. The molecule has 11 nitrogen and oxygen atoms in total. The highest BCUT2D eigenvalue weighted by atomic mass is 35.5. The van der Waals surface area contributed by atoms with Gasteiger partial charge in [-0.3, -0.25) is 0 Å². The van der Waals surface area contributed by atoms with E-state index in [4.69, 9.17) is 5.11 Å². The van der Waals surface area contributed by atoms with Crippen LogP contribution in [0.5, 0.6) is 0 Å². The number of nitrogens with zero attached hydrogens (tertiary/aromatic N) is 4. The van der Waals surface area contributed by atoms with Crippen LogP contribution in [-0.4, -0.2) is 124 Å². The number of benzene rings is 6. The van der Waals surface area contributed by atoms with Crippen molar-refractivity contribution < 1.29 is 51.3 Å². The summed E-state index contributed by atoms with van der Waals surface area (Å²) in [6.45, 7) is 9.48. The highest BCUT2D eigenvalue weighted by molar-refractivity contribution is 5.85. The maximum absolute atomic E-state index is 12.7. The van der Waals surface area contributed by atoms with Gasteiger partial charge in [-0.1, -0.05) is 97.9 Å². The van der Waals surface area contributed by atoms with Gasteiger partial charge in [-0.2, -0.15) is 26.3 Å². The van der Waals surface area contributed by atoms with Crippen LogP contribution in [0.2, 0.25) is 0 Å². The van der Waals surface area contributed by atoms with Crippen LogP contribution in [0, 0.1) is 6.92 Å². The summed E-state index contributed by atoms with van der Waals surface area (Å²) in [4.78, 5) is 31.7. The van der Waals surface area contributed by atoms with Crippen LogP contribution in [0.3, 0.4) is 0 Å². The number of hydrogen-bond donors (Lipinski definition) is 5. The third kappa shape index (κ3) is 15.6. The number of nitrogens with one attached hydrogen (secondary N) is 2. The van der Waals surface area contributed by atoms with Gasteiger partial charge in [0.05, 0.1) is 55.6 Å². The monoisotopic (exact) mass is 1140 g/mol. The summed E-state index contributed by atoms with van der Waals surface area (Å²) >= 11 is 0. The molecule has 0 aromatic heterocycles. The number of aliphatic hydroxyl groups is 3. The molecule has 6 aromatic carbocycles. The summed E-state index contributed by atoms with van der Waals surface area (Å²) in [5.74, 6) is 0. The predicted octanol–water partition coefficient (Wildman–Crippen LogP) is 10.8. The number of likely N-dealkylation sites (tertiary alicyclic amines) is 2. The van der Waals surface area contributed by atoms with Crippen molar-refractivity contribution in [2.75, 3.05) is 58.9 Å². The van der Waals surface area contributed by atoms with E-state index in [0.29, 0.717) is 63.5 Å². The molecule has 0 saturated carbocycles. The van der Waals surface area contributed by atoms with E-state index >= 15 is 0 Å². The average molecular weight is 1140 g/mol. The molecule has 5 N–H and O–H groups in total. The lowest BCUT2D eigenvalue weighted by Crippen LogP contribution is -2.58. The first kappa shape index (κ1) is 62.0. The van der Waals surface area contributed by atoms with Crippen LogP contribution >= 0.6 is 24.8 Å². The molecule has 0 aliphatic carbocycles.